The van der Waals surface area contributed by atoms with Gasteiger partial charge < -0.3 is 4.74 Å². The number of fused-ring (bicyclic) bond motifs is 1. The maximum Gasteiger partial charge on any atom is 0.136 e. The number of hydrogen-bond donors (Lipinski definition) is 0. The predicted octanol–water partition coefficient (Wildman–Crippen LogP) is 3.75. The van der Waals surface area contributed by atoms with Gasteiger partial charge in [-0.2, -0.15) is 0 Å². The summed E-state index contributed by atoms with van der Waals surface area (Å²) in [5, 5.41) is 0. The Kier molecular flexibility index (Phi) is 4.99. The summed E-state index contributed by atoms with van der Waals surface area (Å²) in [5.74, 6) is 1.98. The molecule has 0 aromatic carbocycles. The van der Waals surface area contributed by atoms with E-state index < -0.39 is 0 Å². The summed E-state index contributed by atoms with van der Waals surface area (Å²) >= 11 is 0. The van der Waals surface area contributed by atoms with E-state index in [-0.39, 0.29) is 12.0 Å². The second-order valence-corrected chi connectivity index (χ2v) is 5.94. The van der Waals surface area contributed by atoms with E-state index in [1.54, 1.807) is 0 Å². The quantitative estimate of drug-likeness (QED) is 0.713. The summed E-state index contributed by atoms with van der Waals surface area (Å²) < 4.78 is 5.73. The Morgan fingerprint density at radius 3 is 2.83 bits per heavy atom. The molecule has 2 rings (SSSR count). The standard InChI is InChI=1S/C16H26O2/c1-3-6-13-11-16(18-2)14-8-5-4-7-12(14)9-10-15(13)17/h3,12-14,16H,1,4-11H2,2H3/t12-,13?,14+,16-/m1/s1. The Labute approximate surface area is 111 Å². The number of rotatable bonds is 3. The lowest BCUT2D eigenvalue weighted by Gasteiger charge is -2.39. The van der Waals surface area contributed by atoms with Crippen LogP contribution in [0.3, 0.4) is 0 Å². The van der Waals surface area contributed by atoms with Crippen LogP contribution in [0, 0.1) is 17.8 Å². The van der Waals surface area contributed by atoms with Gasteiger partial charge in [-0.25, -0.2) is 0 Å². The highest BCUT2D eigenvalue weighted by Gasteiger charge is 2.36. The van der Waals surface area contributed by atoms with Crippen LogP contribution in [0.1, 0.15) is 51.4 Å². The monoisotopic (exact) mass is 250 g/mol. The number of hydrogen-bond acceptors (Lipinski definition) is 2. The van der Waals surface area contributed by atoms with Crippen molar-refractivity contribution in [2.45, 2.75) is 57.5 Å². The van der Waals surface area contributed by atoms with Gasteiger partial charge in [0, 0.05) is 19.4 Å². The molecule has 0 N–H and O–H groups in total. The second-order valence-electron chi connectivity index (χ2n) is 5.94. The van der Waals surface area contributed by atoms with E-state index in [4.69, 9.17) is 4.74 Å². The first-order valence-electron chi connectivity index (χ1n) is 7.42. The number of ether oxygens (including phenoxy) is 1. The Balaban J connectivity index is 2.11. The van der Waals surface area contributed by atoms with Crippen LogP contribution in [0.25, 0.3) is 0 Å². The molecule has 2 aliphatic carbocycles. The third kappa shape index (κ3) is 3.03. The molecule has 102 valence electrons. The summed E-state index contributed by atoms with van der Waals surface area (Å²) in [6, 6.07) is 0. The summed E-state index contributed by atoms with van der Waals surface area (Å²) in [7, 11) is 1.81. The van der Waals surface area contributed by atoms with Crippen molar-refractivity contribution in [1.29, 1.82) is 0 Å². The van der Waals surface area contributed by atoms with Gasteiger partial charge in [0.05, 0.1) is 6.10 Å². The molecule has 0 radical (unpaired) electrons. The third-order valence-corrected chi connectivity index (χ3v) is 4.93. The minimum absolute atomic E-state index is 0.148. The van der Waals surface area contributed by atoms with Gasteiger partial charge in [-0.3, -0.25) is 4.79 Å². The molecule has 0 aromatic heterocycles. The van der Waals surface area contributed by atoms with Gasteiger partial charge >= 0.3 is 0 Å². The first kappa shape index (κ1) is 13.8. The van der Waals surface area contributed by atoms with E-state index >= 15 is 0 Å². The number of carbonyl (C=O) groups excluding carboxylic acids is 1. The molecule has 0 saturated heterocycles. The van der Waals surface area contributed by atoms with Crippen molar-refractivity contribution in [2.24, 2.45) is 17.8 Å². The fourth-order valence-electron chi connectivity index (χ4n) is 3.90. The molecule has 0 amide bonds. The zero-order valence-corrected chi connectivity index (χ0v) is 11.6. The molecule has 0 heterocycles. The van der Waals surface area contributed by atoms with Gasteiger partial charge in [0.15, 0.2) is 0 Å². The first-order chi connectivity index (χ1) is 8.76. The number of Topliss-reactive ketones (excluding diaryl/α,β-unsaturated/α-hetero) is 1. The van der Waals surface area contributed by atoms with Crippen LogP contribution in [-0.4, -0.2) is 19.0 Å². The number of carbonyl (C=O) groups is 1. The lowest BCUT2D eigenvalue weighted by molar-refractivity contribution is -0.127. The van der Waals surface area contributed by atoms with Gasteiger partial charge in [-0.15, -0.1) is 6.58 Å². The minimum atomic E-state index is 0.148. The molecule has 2 aliphatic rings. The molecule has 2 fully saturated rings. The van der Waals surface area contributed by atoms with Crippen LogP contribution in [0.2, 0.25) is 0 Å². The summed E-state index contributed by atoms with van der Waals surface area (Å²) in [6.45, 7) is 3.78. The molecule has 0 aromatic rings. The molecule has 2 heteroatoms. The van der Waals surface area contributed by atoms with Crippen molar-refractivity contribution in [3.63, 3.8) is 0 Å². The number of methoxy groups -OCH3 is 1. The maximum absolute atomic E-state index is 12.2. The van der Waals surface area contributed by atoms with E-state index in [9.17, 15) is 4.79 Å². The van der Waals surface area contributed by atoms with Gasteiger partial charge in [0.1, 0.15) is 5.78 Å². The Bertz CT molecular complexity index is 297. The average molecular weight is 250 g/mol. The smallest absolute Gasteiger partial charge is 0.136 e. The van der Waals surface area contributed by atoms with Crippen molar-refractivity contribution >= 4 is 5.78 Å². The molecule has 2 nitrogen and oxygen atoms in total. The lowest BCUT2D eigenvalue weighted by Crippen LogP contribution is -2.37. The molecule has 18 heavy (non-hydrogen) atoms. The molecule has 0 spiro atoms. The van der Waals surface area contributed by atoms with Gasteiger partial charge in [0.2, 0.25) is 0 Å². The van der Waals surface area contributed by atoms with Gasteiger partial charge in [0.25, 0.3) is 0 Å². The molecular formula is C16H26O2. The molecule has 1 unspecified atom stereocenters. The molecule has 2 saturated carbocycles. The normalized spacial score (nSPS) is 37.5. The zero-order chi connectivity index (χ0) is 13.0. The van der Waals surface area contributed by atoms with E-state index in [1.807, 2.05) is 13.2 Å². The third-order valence-electron chi connectivity index (χ3n) is 4.93. The van der Waals surface area contributed by atoms with Crippen LogP contribution in [0.5, 0.6) is 0 Å². The highest BCUT2D eigenvalue weighted by atomic mass is 16.5. The summed E-state index contributed by atoms with van der Waals surface area (Å²) in [5.41, 5.74) is 0. The fourth-order valence-corrected chi connectivity index (χ4v) is 3.90. The van der Waals surface area contributed by atoms with Crippen LogP contribution >= 0.6 is 0 Å². The predicted molar refractivity (Wildman–Crippen MR) is 73.4 cm³/mol. The first-order valence-corrected chi connectivity index (χ1v) is 7.42. The van der Waals surface area contributed by atoms with Crippen molar-refractivity contribution in [3.05, 3.63) is 12.7 Å². The average Bonchev–Trinajstić information content (AvgIpc) is 2.40. The minimum Gasteiger partial charge on any atom is -0.381 e. The molecular weight excluding hydrogens is 224 g/mol. The van der Waals surface area contributed by atoms with Crippen molar-refractivity contribution in [1.82, 2.24) is 0 Å². The highest BCUT2D eigenvalue weighted by Crippen LogP contribution is 2.40. The van der Waals surface area contributed by atoms with Crippen LogP contribution < -0.4 is 0 Å². The molecule has 4 atom stereocenters. The zero-order valence-electron chi connectivity index (χ0n) is 11.6. The summed E-state index contributed by atoms with van der Waals surface area (Å²) in [6.07, 6.45) is 11.0. The Hall–Kier alpha value is -0.630. The van der Waals surface area contributed by atoms with Crippen molar-refractivity contribution < 1.29 is 9.53 Å². The Morgan fingerprint density at radius 2 is 2.11 bits per heavy atom. The van der Waals surface area contributed by atoms with Crippen molar-refractivity contribution in [2.75, 3.05) is 7.11 Å². The van der Waals surface area contributed by atoms with Crippen LogP contribution in [0.4, 0.5) is 0 Å². The molecule has 0 aliphatic heterocycles. The van der Waals surface area contributed by atoms with E-state index in [0.29, 0.717) is 11.7 Å². The second kappa shape index (κ2) is 6.51. The van der Waals surface area contributed by atoms with Gasteiger partial charge in [-0.1, -0.05) is 25.3 Å². The fraction of sp³-hybridized carbons (Fsp3) is 0.812. The van der Waals surface area contributed by atoms with E-state index in [0.717, 1.165) is 31.6 Å². The van der Waals surface area contributed by atoms with Crippen molar-refractivity contribution in [3.8, 4) is 0 Å². The number of allylic oxidation sites excluding steroid dienone is 1. The topological polar surface area (TPSA) is 26.3 Å². The maximum atomic E-state index is 12.2. The van der Waals surface area contributed by atoms with E-state index in [1.165, 1.54) is 25.7 Å². The van der Waals surface area contributed by atoms with Crippen LogP contribution in [0.15, 0.2) is 12.7 Å². The Morgan fingerprint density at radius 1 is 1.33 bits per heavy atom. The SMILES string of the molecule is C=CCC1C[C@@H](OC)[C@H]2CCCC[C@@H]2CCC1=O. The highest BCUT2D eigenvalue weighted by molar-refractivity contribution is 5.81. The van der Waals surface area contributed by atoms with Gasteiger partial charge in [-0.05, 0) is 37.5 Å². The molecule has 0 bridgehead atoms. The number of ketones is 1. The lowest BCUT2D eigenvalue weighted by atomic mass is 9.69. The van der Waals surface area contributed by atoms with E-state index in [2.05, 4.69) is 6.58 Å². The largest absolute Gasteiger partial charge is 0.381 e. The van der Waals surface area contributed by atoms with Crippen LogP contribution in [-0.2, 0) is 9.53 Å². The summed E-state index contributed by atoms with van der Waals surface area (Å²) in [4.78, 5) is 12.2.